The largest absolute Gasteiger partial charge is 0.356 e. The number of carbonyl (C=O) groups is 1. The van der Waals surface area contributed by atoms with Crippen molar-refractivity contribution in [3.63, 3.8) is 0 Å². The first-order chi connectivity index (χ1) is 9.16. The van der Waals surface area contributed by atoms with Crippen LogP contribution in [-0.2, 0) is 4.79 Å². The van der Waals surface area contributed by atoms with Crippen molar-refractivity contribution in [2.75, 3.05) is 33.2 Å². The molecule has 2 saturated heterocycles. The molecule has 0 aromatic rings. The number of carbonyl (C=O) groups excluding carboxylic acids is 1. The summed E-state index contributed by atoms with van der Waals surface area (Å²) in [7, 11) is 2.19. The van der Waals surface area contributed by atoms with Gasteiger partial charge in [-0.2, -0.15) is 0 Å². The molecule has 2 atom stereocenters. The minimum absolute atomic E-state index is 0. The van der Waals surface area contributed by atoms with E-state index in [-0.39, 0.29) is 24.2 Å². The molecule has 0 aromatic heterocycles. The van der Waals surface area contributed by atoms with Crippen LogP contribution in [0.15, 0.2) is 0 Å². The lowest BCUT2D eigenvalue weighted by molar-refractivity contribution is -0.126. The molecule has 1 amide bonds. The molecule has 0 aromatic carbocycles. The molecular weight excluding hydrogens is 274 g/mol. The fourth-order valence-electron chi connectivity index (χ4n) is 3.28. The summed E-state index contributed by atoms with van der Waals surface area (Å²) in [5, 5.41) is 6.54. The number of nitrogens with zero attached hydrogens (tertiary/aromatic N) is 1. The fraction of sp³-hybridized carbons (Fsp3) is 0.933. The first-order valence-corrected chi connectivity index (χ1v) is 7.86. The smallest absolute Gasteiger partial charge is 0.224 e. The van der Waals surface area contributed by atoms with Gasteiger partial charge in [-0.1, -0.05) is 0 Å². The van der Waals surface area contributed by atoms with Gasteiger partial charge in [0.25, 0.3) is 0 Å². The van der Waals surface area contributed by atoms with Gasteiger partial charge in [0.1, 0.15) is 0 Å². The molecule has 2 rings (SSSR count). The van der Waals surface area contributed by atoms with Gasteiger partial charge in [-0.25, -0.2) is 0 Å². The van der Waals surface area contributed by atoms with Crippen LogP contribution in [0, 0.1) is 11.8 Å². The van der Waals surface area contributed by atoms with Crippen molar-refractivity contribution in [1.29, 1.82) is 0 Å². The predicted molar refractivity (Wildman–Crippen MR) is 85.3 cm³/mol. The maximum Gasteiger partial charge on any atom is 0.224 e. The maximum absolute atomic E-state index is 12.1. The third-order valence-corrected chi connectivity index (χ3v) is 4.79. The van der Waals surface area contributed by atoms with E-state index in [4.69, 9.17) is 0 Å². The lowest BCUT2D eigenvalue weighted by Gasteiger charge is -2.30. The van der Waals surface area contributed by atoms with E-state index in [0.717, 1.165) is 38.3 Å². The second-order valence-electron chi connectivity index (χ2n) is 6.32. The van der Waals surface area contributed by atoms with Crippen LogP contribution in [-0.4, -0.2) is 50.1 Å². The highest BCUT2D eigenvalue weighted by Crippen LogP contribution is 2.19. The first kappa shape index (κ1) is 17.7. The van der Waals surface area contributed by atoms with Crippen molar-refractivity contribution in [3.05, 3.63) is 0 Å². The van der Waals surface area contributed by atoms with E-state index in [1.165, 1.54) is 25.9 Å². The van der Waals surface area contributed by atoms with Crippen LogP contribution < -0.4 is 10.6 Å². The monoisotopic (exact) mass is 303 g/mol. The Morgan fingerprint density at radius 1 is 1.30 bits per heavy atom. The second kappa shape index (κ2) is 8.85. The fourth-order valence-corrected chi connectivity index (χ4v) is 3.28. The number of nitrogens with one attached hydrogen (secondary N) is 2. The molecule has 0 aliphatic carbocycles. The van der Waals surface area contributed by atoms with Gasteiger partial charge in [-0.15, -0.1) is 12.4 Å². The van der Waals surface area contributed by atoms with E-state index in [2.05, 4.69) is 29.5 Å². The predicted octanol–water partition coefficient (Wildman–Crippen LogP) is 1.64. The SMILES string of the molecule is CC1NCCCC1C(=O)NCCC1CCN(C)CC1.Cl. The van der Waals surface area contributed by atoms with Crippen LogP contribution in [0.5, 0.6) is 0 Å². The quantitative estimate of drug-likeness (QED) is 0.830. The van der Waals surface area contributed by atoms with E-state index in [9.17, 15) is 4.79 Å². The number of rotatable bonds is 4. The second-order valence-corrected chi connectivity index (χ2v) is 6.32. The molecule has 2 heterocycles. The first-order valence-electron chi connectivity index (χ1n) is 7.86. The summed E-state index contributed by atoms with van der Waals surface area (Å²) in [5.74, 6) is 1.23. The van der Waals surface area contributed by atoms with Crippen LogP contribution in [0.2, 0.25) is 0 Å². The highest BCUT2D eigenvalue weighted by atomic mass is 35.5. The molecular formula is C15H30ClN3O. The molecule has 118 valence electrons. The molecule has 0 radical (unpaired) electrons. The van der Waals surface area contributed by atoms with Crippen molar-refractivity contribution in [2.24, 2.45) is 11.8 Å². The van der Waals surface area contributed by atoms with Gasteiger partial charge in [0, 0.05) is 12.6 Å². The van der Waals surface area contributed by atoms with Crippen molar-refractivity contribution < 1.29 is 4.79 Å². The zero-order valence-electron chi connectivity index (χ0n) is 12.9. The van der Waals surface area contributed by atoms with E-state index < -0.39 is 0 Å². The Hall–Kier alpha value is -0.320. The molecule has 2 aliphatic rings. The highest BCUT2D eigenvalue weighted by Gasteiger charge is 2.27. The molecule has 20 heavy (non-hydrogen) atoms. The van der Waals surface area contributed by atoms with Crippen molar-refractivity contribution in [2.45, 2.75) is 45.1 Å². The maximum atomic E-state index is 12.1. The Morgan fingerprint density at radius 3 is 2.65 bits per heavy atom. The number of halogens is 1. The van der Waals surface area contributed by atoms with Gasteiger partial charge < -0.3 is 15.5 Å². The Balaban J connectivity index is 0.00000200. The minimum Gasteiger partial charge on any atom is -0.356 e. The van der Waals surface area contributed by atoms with Crippen LogP contribution in [0.25, 0.3) is 0 Å². The number of piperidine rings is 2. The number of likely N-dealkylation sites (tertiary alicyclic amines) is 1. The van der Waals surface area contributed by atoms with E-state index in [0.29, 0.717) is 6.04 Å². The summed E-state index contributed by atoms with van der Waals surface area (Å²) >= 11 is 0. The summed E-state index contributed by atoms with van der Waals surface area (Å²) < 4.78 is 0. The Bertz CT molecular complexity index is 293. The summed E-state index contributed by atoms with van der Waals surface area (Å²) in [4.78, 5) is 14.5. The lowest BCUT2D eigenvalue weighted by Crippen LogP contribution is -2.47. The van der Waals surface area contributed by atoms with E-state index >= 15 is 0 Å². The average Bonchev–Trinajstić information content (AvgIpc) is 2.41. The molecule has 2 unspecified atom stereocenters. The molecule has 2 fully saturated rings. The van der Waals surface area contributed by atoms with Crippen LogP contribution in [0.3, 0.4) is 0 Å². The summed E-state index contributed by atoms with van der Waals surface area (Å²) in [6.45, 7) is 6.46. The van der Waals surface area contributed by atoms with E-state index in [1.54, 1.807) is 0 Å². The van der Waals surface area contributed by atoms with Crippen molar-refractivity contribution in [3.8, 4) is 0 Å². The summed E-state index contributed by atoms with van der Waals surface area (Å²) in [6, 6.07) is 0.331. The molecule has 5 heteroatoms. The Morgan fingerprint density at radius 2 is 2.00 bits per heavy atom. The zero-order valence-corrected chi connectivity index (χ0v) is 13.7. The van der Waals surface area contributed by atoms with Crippen LogP contribution in [0.1, 0.15) is 39.0 Å². The number of hydrogen-bond acceptors (Lipinski definition) is 3. The average molecular weight is 304 g/mol. The topological polar surface area (TPSA) is 44.4 Å². The van der Waals surface area contributed by atoms with Gasteiger partial charge in [-0.05, 0) is 71.6 Å². The van der Waals surface area contributed by atoms with Crippen LogP contribution in [0.4, 0.5) is 0 Å². The standard InChI is InChI=1S/C15H29N3O.ClH/c1-12-14(4-3-8-16-12)15(19)17-9-5-13-6-10-18(2)11-7-13;/h12-14,16H,3-11H2,1-2H3,(H,17,19);1H. The molecule has 4 nitrogen and oxygen atoms in total. The highest BCUT2D eigenvalue weighted by molar-refractivity contribution is 5.85. The van der Waals surface area contributed by atoms with Gasteiger partial charge >= 0.3 is 0 Å². The lowest BCUT2D eigenvalue weighted by atomic mass is 9.90. The third-order valence-electron chi connectivity index (χ3n) is 4.79. The number of amides is 1. The Kier molecular flexibility index (Phi) is 7.85. The molecule has 2 aliphatic heterocycles. The van der Waals surface area contributed by atoms with Gasteiger partial charge in [0.2, 0.25) is 5.91 Å². The van der Waals surface area contributed by atoms with E-state index in [1.807, 2.05) is 0 Å². The van der Waals surface area contributed by atoms with Gasteiger partial charge in [-0.3, -0.25) is 4.79 Å². The minimum atomic E-state index is 0. The van der Waals surface area contributed by atoms with Crippen molar-refractivity contribution >= 4 is 18.3 Å². The normalized spacial score (nSPS) is 28.7. The van der Waals surface area contributed by atoms with Gasteiger partial charge in [0.05, 0.1) is 5.92 Å². The number of hydrogen-bond donors (Lipinski definition) is 2. The molecule has 0 saturated carbocycles. The molecule has 0 bridgehead atoms. The molecule has 0 spiro atoms. The summed E-state index contributed by atoms with van der Waals surface area (Å²) in [5.41, 5.74) is 0. The zero-order chi connectivity index (χ0) is 13.7. The summed E-state index contributed by atoms with van der Waals surface area (Å²) in [6.07, 6.45) is 5.88. The van der Waals surface area contributed by atoms with Gasteiger partial charge in [0.15, 0.2) is 0 Å². The Labute approximate surface area is 129 Å². The van der Waals surface area contributed by atoms with Crippen LogP contribution >= 0.6 is 12.4 Å². The third kappa shape index (κ3) is 5.23. The molecule has 2 N–H and O–H groups in total. The van der Waals surface area contributed by atoms with Crippen molar-refractivity contribution in [1.82, 2.24) is 15.5 Å².